The number of nitrogens with one attached hydrogen (secondary N) is 1. The molecule has 4 rings (SSSR count). The Morgan fingerprint density at radius 2 is 1.91 bits per heavy atom. The normalized spacial score (nSPS) is 18.2. The van der Waals surface area contributed by atoms with Crippen LogP contribution in [-0.2, 0) is 23.3 Å². The quantitative estimate of drug-likeness (QED) is 0.412. The number of carbonyl (C=O) groups excluding carboxylic acids is 3. The van der Waals surface area contributed by atoms with Crippen LogP contribution in [-0.4, -0.2) is 33.7 Å². The molecule has 0 saturated carbocycles. The van der Waals surface area contributed by atoms with Gasteiger partial charge in [0, 0.05) is 33.9 Å². The van der Waals surface area contributed by atoms with Gasteiger partial charge in [0.15, 0.2) is 5.78 Å². The van der Waals surface area contributed by atoms with E-state index in [-0.39, 0.29) is 5.56 Å². The van der Waals surface area contributed by atoms with Crippen LogP contribution in [0.25, 0.3) is 0 Å². The molecule has 1 saturated heterocycles. The number of hydrogen-bond donors (Lipinski definition) is 1. The van der Waals surface area contributed by atoms with E-state index in [1.54, 1.807) is 17.4 Å². The number of amides is 3. The molecule has 0 unspecified atom stereocenters. The summed E-state index contributed by atoms with van der Waals surface area (Å²) in [4.78, 5) is 40.7. The third-order valence-corrected chi connectivity index (χ3v) is 7.02. The highest BCUT2D eigenvalue weighted by Gasteiger charge is 2.51. The molecule has 0 spiro atoms. The fraction of sp³-hybridized carbons (Fsp3) is 0.292. The van der Waals surface area contributed by atoms with E-state index in [0.717, 1.165) is 40.9 Å². The van der Waals surface area contributed by atoms with Crippen molar-refractivity contribution in [3.05, 3.63) is 80.8 Å². The molecule has 1 atom stereocenters. The lowest BCUT2D eigenvalue weighted by atomic mass is 9.91. The second kappa shape index (κ2) is 8.55. The molecule has 0 aliphatic carbocycles. The van der Waals surface area contributed by atoms with Gasteiger partial charge in [-0.25, -0.2) is 13.6 Å². The Bertz CT molecular complexity index is 1250. The molecule has 1 aliphatic heterocycles. The van der Waals surface area contributed by atoms with E-state index in [1.165, 1.54) is 11.8 Å². The van der Waals surface area contributed by atoms with Crippen LogP contribution in [0.4, 0.5) is 13.6 Å². The predicted octanol–water partition coefficient (Wildman–Crippen LogP) is 4.34. The second-order valence-electron chi connectivity index (χ2n) is 8.26. The second-order valence-corrected chi connectivity index (χ2v) is 9.29. The van der Waals surface area contributed by atoms with Crippen molar-refractivity contribution in [2.45, 2.75) is 39.3 Å². The Morgan fingerprint density at radius 3 is 2.61 bits per heavy atom. The summed E-state index contributed by atoms with van der Waals surface area (Å²) in [5.74, 6) is -2.77. The zero-order chi connectivity index (χ0) is 23.9. The molecule has 33 heavy (non-hydrogen) atoms. The largest absolute Gasteiger partial charge is 0.348 e. The zero-order valence-corrected chi connectivity index (χ0v) is 19.3. The summed E-state index contributed by atoms with van der Waals surface area (Å²) in [6.45, 7) is 5.23. The highest BCUT2D eigenvalue weighted by Crippen LogP contribution is 2.31. The number of benzene rings is 1. The van der Waals surface area contributed by atoms with Crippen molar-refractivity contribution in [2.75, 3.05) is 6.54 Å². The molecule has 1 aliphatic rings. The molecule has 9 heteroatoms. The van der Waals surface area contributed by atoms with Crippen molar-refractivity contribution in [2.24, 2.45) is 0 Å². The fourth-order valence-electron chi connectivity index (χ4n) is 4.24. The maximum Gasteiger partial charge on any atom is 0.325 e. The molecular weight excluding hydrogens is 448 g/mol. The molecule has 3 aromatic rings. The molecule has 3 amide bonds. The van der Waals surface area contributed by atoms with E-state index in [1.807, 2.05) is 29.9 Å². The minimum atomic E-state index is -1.80. The van der Waals surface area contributed by atoms with Crippen molar-refractivity contribution in [3.63, 3.8) is 0 Å². The first-order valence-corrected chi connectivity index (χ1v) is 11.3. The lowest BCUT2D eigenvalue weighted by Gasteiger charge is -2.22. The van der Waals surface area contributed by atoms with E-state index < -0.39 is 41.4 Å². The zero-order valence-electron chi connectivity index (χ0n) is 18.4. The van der Waals surface area contributed by atoms with Gasteiger partial charge in [0.25, 0.3) is 5.91 Å². The molecule has 0 radical (unpaired) electrons. The minimum Gasteiger partial charge on any atom is -0.348 e. The lowest BCUT2D eigenvalue weighted by molar-refractivity contribution is -0.130. The smallest absolute Gasteiger partial charge is 0.325 e. The summed E-state index contributed by atoms with van der Waals surface area (Å²) in [5.41, 5.74) is -0.0232. The number of urea groups is 1. The van der Waals surface area contributed by atoms with Crippen LogP contribution in [0.5, 0.6) is 0 Å². The van der Waals surface area contributed by atoms with Crippen molar-refractivity contribution in [1.29, 1.82) is 0 Å². The molecule has 172 valence electrons. The Balaban J connectivity index is 1.54. The van der Waals surface area contributed by atoms with E-state index in [9.17, 15) is 23.2 Å². The maximum absolute atomic E-state index is 14.3. The van der Waals surface area contributed by atoms with Gasteiger partial charge in [0.05, 0.1) is 6.54 Å². The average Bonchev–Trinajstić information content (AvgIpc) is 3.44. The van der Waals surface area contributed by atoms with Gasteiger partial charge in [-0.3, -0.25) is 14.5 Å². The average molecular weight is 472 g/mol. The first kappa shape index (κ1) is 22.8. The monoisotopic (exact) mass is 471 g/mol. The summed E-state index contributed by atoms with van der Waals surface area (Å²) >= 11 is 1.67. The van der Waals surface area contributed by atoms with E-state index in [2.05, 4.69) is 11.4 Å². The van der Waals surface area contributed by atoms with Crippen molar-refractivity contribution in [1.82, 2.24) is 14.8 Å². The van der Waals surface area contributed by atoms with Gasteiger partial charge in [0.1, 0.15) is 17.2 Å². The van der Waals surface area contributed by atoms with Gasteiger partial charge in [0.2, 0.25) is 0 Å². The van der Waals surface area contributed by atoms with Crippen LogP contribution >= 0.6 is 11.3 Å². The summed E-state index contributed by atoms with van der Waals surface area (Å²) in [6.07, 6.45) is 0.826. The first-order chi connectivity index (χ1) is 15.6. The third-order valence-electron chi connectivity index (χ3n) is 6.08. The molecule has 1 N–H and O–H groups in total. The Kier molecular flexibility index (Phi) is 5.92. The van der Waals surface area contributed by atoms with E-state index >= 15 is 0 Å². The summed E-state index contributed by atoms with van der Waals surface area (Å²) < 4.78 is 30.1. The van der Waals surface area contributed by atoms with Crippen LogP contribution in [0.2, 0.25) is 0 Å². The Labute approximate surface area is 193 Å². The number of rotatable bonds is 7. The number of aryl methyl sites for hydroxylation is 2. The number of hydrogen-bond acceptors (Lipinski definition) is 4. The van der Waals surface area contributed by atoms with Crippen LogP contribution in [0.3, 0.4) is 0 Å². The van der Waals surface area contributed by atoms with Crippen molar-refractivity contribution < 1.29 is 23.2 Å². The van der Waals surface area contributed by atoms with Gasteiger partial charge in [-0.1, -0.05) is 6.07 Å². The standard InChI is InChI=1S/C24H23F2N3O3S/c1-14-11-18(15(2)28(14)9-8-17-5-4-10-33-17)21(30)13-29-22(31)24(3,27-23(29)32)19-12-16(25)6-7-20(19)26/h4-7,10-12H,8-9,13H2,1-3H3,(H,27,32)/t24-/m1/s1. The van der Waals surface area contributed by atoms with Crippen molar-refractivity contribution in [3.8, 4) is 0 Å². The van der Waals surface area contributed by atoms with Crippen LogP contribution in [0.1, 0.15) is 39.1 Å². The minimum absolute atomic E-state index is 0.289. The van der Waals surface area contributed by atoms with E-state index in [4.69, 9.17) is 0 Å². The van der Waals surface area contributed by atoms with Crippen LogP contribution in [0.15, 0.2) is 41.8 Å². The molecular formula is C24H23F2N3O3S. The first-order valence-electron chi connectivity index (χ1n) is 10.4. The summed E-state index contributed by atoms with van der Waals surface area (Å²) in [7, 11) is 0. The van der Waals surface area contributed by atoms with Gasteiger partial charge < -0.3 is 9.88 Å². The number of ketones is 1. The van der Waals surface area contributed by atoms with Crippen LogP contribution in [0, 0.1) is 25.5 Å². The highest BCUT2D eigenvalue weighted by molar-refractivity contribution is 7.09. The van der Waals surface area contributed by atoms with Gasteiger partial charge >= 0.3 is 6.03 Å². The Hall–Kier alpha value is -3.33. The number of thiophene rings is 1. The number of halogens is 2. The molecule has 0 bridgehead atoms. The predicted molar refractivity (Wildman–Crippen MR) is 120 cm³/mol. The van der Waals surface area contributed by atoms with E-state index in [0.29, 0.717) is 12.1 Å². The number of aromatic nitrogens is 1. The third kappa shape index (κ3) is 4.08. The highest BCUT2D eigenvalue weighted by atomic mass is 32.1. The molecule has 1 aromatic carbocycles. The molecule has 6 nitrogen and oxygen atoms in total. The number of Topliss-reactive ketones (excluding diaryl/α,β-unsaturated/α-hetero) is 1. The van der Waals surface area contributed by atoms with Crippen molar-refractivity contribution >= 4 is 29.1 Å². The maximum atomic E-state index is 14.3. The molecule has 3 heterocycles. The fourth-order valence-corrected chi connectivity index (χ4v) is 4.94. The Morgan fingerprint density at radius 1 is 1.15 bits per heavy atom. The number of nitrogens with zero attached hydrogens (tertiary/aromatic N) is 2. The number of carbonyl (C=O) groups is 3. The molecule has 2 aromatic heterocycles. The van der Waals surface area contributed by atoms with Crippen LogP contribution < -0.4 is 5.32 Å². The lowest BCUT2D eigenvalue weighted by Crippen LogP contribution is -2.42. The number of imide groups is 1. The van der Waals surface area contributed by atoms with Gasteiger partial charge in [-0.15, -0.1) is 11.3 Å². The van der Waals surface area contributed by atoms with Gasteiger partial charge in [-0.05, 0) is 62.9 Å². The van der Waals surface area contributed by atoms with Gasteiger partial charge in [-0.2, -0.15) is 0 Å². The summed E-state index contributed by atoms with van der Waals surface area (Å²) in [6, 6.07) is 7.67. The summed E-state index contributed by atoms with van der Waals surface area (Å²) in [5, 5.41) is 4.43. The topological polar surface area (TPSA) is 71.4 Å². The SMILES string of the molecule is Cc1cc(C(=O)CN2C(=O)N[C@](C)(c3cc(F)ccc3F)C2=O)c(C)n1CCc1cccs1. The molecule has 1 fully saturated rings.